The molecule has 0 saturated carbocycles. The van der Waals surface area contributed by atoms with Gasteiger partial charge in [-0.2, -0.15) is 0 Å². The minimum Gasteiger partial charge on any atom is -0.465 e. The van der Waals surface area contributed by atoms with Gasteiger partial charge in [-0.25, -0.2) is 0 Å². The molecular weight excluding hydrogens is 284 g/mol. The zero-order valence-corrected chi connectivity index (χ0v) is 12.6. The van der Waals surface area contributed by atoms with Crippen molar-refractivity contribution in [1.82, 2.24) is 0 Å². The van der Waals surface area contributed by atoms with E-state index < -0.39 is 24.1 Å². The number of carbonyl (C=O) groups excluding carboxylic acids is 2. The van der Waals surface area contributed by atoms with Gasteiger partial charge in [0.25, 0.3) is 0 Å². The van der Waals surface area contributed by atoms with Crippen LogP contribution >= 0.6 is 0 Å². The Labute approximate surface area is 129 Å². The number of hydrogen-bond acceptors (Lipinski definition) is 5. The van der Waals surface area contributed by atoms with Crippen molar-refractivity contribution in [3.05, 3.63) is 36.3 Å². The second-order valence-corrected chi connectivity index (χ2v) is 4.11. The van der Waals surface area contributed by atoms with Crippen LogP contribution in [0.15, 0.2) is 35.0 Å². The van der Waals surface area contributed by atoms with Gasteiger partial charge in [-0.1, -0.05) is 12.0 Å². The number of furan rings is 1. The number of esters is 2. The predicted octanol–water partition coefficient (Wildman–Crippen LogP) is 2.40. The van der Waals surface area contributed by atoms with Crippen molar-refractivity contribution in [2.24, 2.45) is 0 Å². The maximum absolute atomic E-state index is 11.3. The summed E-state index contributed by atoms with van der Waals surface area (Å²) in [4.78, 5) is 22.5. The van der Waals surface area contributed by atoms with E-state index in [0.29, 0.717) is 5.76 Å². The van der Waals surface area contributed by atoms with E-state index >= 15 is 0 Å². The van der Waals surface area contributed by atoms with Crippen molar-refractivity contribution in [2.75, 3.05) is 0 Å². The zero-order valence-electron chi connectivity index (χ0n) is 12.6. The molecule has 0 aliphatic rings. The first-order chi connectivity index (χ1) is 10.5. The Morgan fingerprint density at radius 1 is 1.23 bits per heavy atom. The molecule has 0 fully saturated rings. The molecule has 114 valence electrons. The van der Waals surface area contributed by atoms with Gasteiger partial charge in [-0.15, -0.1) is 0 Å². The Bertz CT molecular complexity index is 647. The molecule has 1 aromatic rings. The highest BCUT2D eigenvalue weighted by Crippen LogP contribution is 2.24. The summed E-state index contributed by atoms with van der Waals surface area (Å²) in [7, 11) is 0. The molecule has 0 aliphatic carbocycles. The fourth-order valence-corrected chi connectivity index (χ4v) is 1.52. The Morgan fingerprint density at radius 2 is 1.95 bits per heavy atom. The second kappa shape index (κ2) is 9.10. The molecular formula is C17H16O5. The molecule has 1 heterocycles. The molecule has 1 aromatic heterocycles. The third-order valence-electron chi connectivity index (χ3n) is 2.28. The summed E-state index contributed by atoms with van der Waals surface area (Å²) in [6.07, 6.45) is 2.87. The van der Waals surface area contributed by atoms with Crippen molar-refractivity contribution in [1.29, 1.82) is 0 Å². The number of allylic oxidation sites excluding steroid dienone is 2. The molecule has 0 spiro atoms. The maximum Gasteiger partial charge on any atom is 0.304 e. The Hall–Kier alpha value is -2.92. The number of ether oxygens (including phenoxy) is 2. The van der Waals surface area contributed by atoms with Crippen molar-refractivity contribution < 1.29 is 23.5 Å². The standard InChI is InChI=1S/C17H16O5/c1-4-5-6-7-8-10-16(21-13(2)18)17(22-14(3)19)15-11-9-12-20-15/h4-5,9,11-12,16-17H,1-3H3/t16-,17-/m1/s1. The smallest absolute Gasteiger partial charge is 0.304 e. The lowest BCUT2D eigenvalue weighted by Gasteiger charge is -2.20. The third kappa shape index (κ3) is 6.02. The fourth-order valence-electron chi connectivity index (χ4n) is 1.52. The van der Waals surface area contributed by atoms with Crippen LogP contribution in [0.3, 0.4) is 0 Å². The fraction of sp³-hybridized carbons (Fsp3) is 0.294. The van der Waals surface area contributed by atoms with Crippen LogP contribution in [0.2, 0.25) is 0 Å². The molecule has 0 N–H and O–H groups in total. The van der Waals surface area contributed by atoms with E-state index in [9.17, 15) is 9.59 Å². The molecule has 1 rings (SSSR count). The van der Waals surface area contributed by atoms with E-state index in [0.717, 1.165) is 0 Å². The normalized spacial score (nSPS) is 12.3. The third-order valence-corrected chi connectivity index (χ3v) is 2.28. The lowest BCUT2D eigenvalue weighted by molar-refractivity contribution is -0.162. The van der Waals surface area contributed by atoms with Gasteiger partial charge in [0.1, 0.15) is 5.76 Å². The van der Waals surface area contributed by atoms with Gasteiger partial charge >= 0.3 is 11.9 Å². The van der Waals surface area contributed by atoms with Crippen LogP contribution in [0.5, 0.6) is 0 Å². The van der Waals surface area contributed by atoms with Crippen LogP contribution in [-0.4, -0.2) is 18.0 Å². The van der Waals surface area contributed by atoms with E-state index in [1.54, 1.807) is 24.3 Å². The lowest BCUT2D eigenvalue weighted by Crippen LogP contribution is -2.26. The Morgan fingerprint density at radius 3 is 2.50 bits per heavy atom. The molecule has 2 atom stereocenters. The summed E-state index contributed by atoms with van der Waals surface area (Å²) < 4.78 is 15.5. The zero-order chi connectivity index (χ0) is 16.4. The topological polar surface area (TPSA) is 65.7 Å². The molecule has 5 nitrogen and oxygen atoms in total. The SMILES string of the molecule is CC=CC#CC#C[C@@H](OC(C)=O)[C@H](OC(C)=O)c1ccco1. The molecule has 0 aliphatic heterocycles. The first-order valence-electron chi connectivity index (χ1n) is 6.54. The predicted molar refractivity (Wildman–Crippen MR) is 79.1 cm³/mol. The lowest BCUT2D eigenvalue weighted by atomic mass is 10.1. The van der Waals surface area contributed by atoms with Gasteiger partial charge in [-0.05, 0) is 42.9 Å². The Kier molecular flexibility index (Phi) is 7.08. The molecule has 0 unspecified atom stereocenters. The molecule has 0 saturated heterocycles. The highest BCUT2D eigenvalue weighted by molar-refractivity contribution is 5.68. The summed E-state index contributed by atoms with van der Waals surface area (Å²) in [6.45, 7) is 4.32. The van der Waals surface area contributed by atoms with Crippen LogP contribution in [0.25, 0.3) is 0 Å². The minimum atomic E-state index is -1.01. The van der Waals surface area contributed by atoms with E-state index in [2.05, 4.69) is 23.7 Å². The van der Waals surface area contributed by atoms with Crippen molar-refractivity contribution in [3.63, 3.8) is 0 Å². The molecule has 0 radical (unpaired) electrons. The average molecular weight is 300 g/mol. The second-order valence-electron chi connectivity index (χ2n) is 4.11. The van der Waals surface area contributed by atoms with Gasteiger partial charge in [0.05, 0.1) is 6.26 Å². The largest absolute Gasteiger partial charge is 0.465 e. The van der Waals surface area contributed by atoms with Crippen LogP contribution < -0.4 is 0 Å². The highest BCUT2D eigenvalue weighted by Gasteiger charge is 2.29. The molecule has 0 aromatic carbocycles. The minimum absolute atomic E-state index is 0.331. The molecule has 5 heteroatoms. The van der Waals surface area contributed by atoms with Crippen molar-refractivity contribution in [3.8, 4) is 23.7 Å². The van der Waals surface area contributed by atoms with E-state index in [1.807, 2.05) is 6.92 Å². The molecule has 22 heavy (non-hydrogen) atoms. The first-order valence-corrected chi connectivity index (χ1v) is 6.54. The van der Waals surface area contributed by atoms with Gasteiger partial charge in [0.15, 0.2) is 0 Å². The van der Waals surface area contributed by atoms with E-state index in [4.69, 9.17) is 13.9 Å². The quantitative estimate of drug-likeness (QED) is 0.631. The van der Waals surface area contributed by atoms with Crippen LogP contribution in [0.4, 0.5) is 0 Å². The number of rotatable bonds is 4. The first kappa shape index (κ1) is 17.1. The highest BCUT2D eigenvalue weighted by atomic mass is 16.6. The van der Waals surface area contributed by atoms with Gasteiger partial charge < -0.3 is 13.9 Å². The molecule has 0 bridgehead atoms. The van der Waals surface area contributed by atoms with Crippen LogP contribution in [0, 0.1) is 23.7 Å². The molecule has 0 amide bonds. The van der Waals surface area contributed by atoms with Gasteiger partial charge in [0, 0.05) is 13.8 Å². The van der Waals surface area contributed by atoms with E-state index in [1.165, 1.54) is 20.1 Å². The summed E-state index contributed by atoms with van der Waals surface area (Å²) in [5.41, 5.74) is 0. The number of carbonyl (C=O) groups is 2. The van der Waals surface area contributed by atoms with Gasteiger partial charge in [-0.3, -0.25) is 9.59 Å². The van der Waals surface area contributed by atoms with Crippen LogP contribution in [-0.2, 0) is 19.1 Å². The summed E-state index contributed by atoms with van der Waals surface area (Å²) in [5, 5.41) is 0. The Balaban J connectivity index is 3.06. The summed E-state index contributed by atoms with van der Waals surface area (Å²) >= 11 is 0. The number of hydrogen-bond donors (Lipinski definition) is 0. The monoisotopic (exact) mass is 300 g/mol. The summed E-state index contributed by atoms with van der Waals surface area (Å²) in [6, 6.07) is 3.24. The summed E-state index contributed by atoms with van der Waals surface area (Å²) in [5.74, 6) is 9.74. The van der Waals surface area contributed by atoms with Crippen molar-refractivity contribution in [2.45, 2.75) is 33.0 Å². The van der Waals surface area contributed by atoms with E-state index in [-0.39, 0.29) is 0 Å². The average Bonchev–Trinajstić information content (AvgIpc) is 2.96. The maximum atomic E-state index is 11.3. The van der Waals surface area contributed by atoms with Crippen LogP contribution in [0.1, 0.15) is 32.6 Å². The van der Waals surface area contributed by atoms with Gasteiger partial charge in [0.2, 0.25) is 12.2 Å². The van der Waals surface area contributed by atoms with Crippen molar-refractivity contribution >= 4 is 11.9 Å².